The highest BCUT2D eigenvalue weighted by molar-refractivity contribution is 7.99. The topological polar surface area (TPSA) is 90.5 Å². The van der Waals surface area contributed by atoms with Crippen molar-refractivity contribution in [3.63, 3.8) is 0 Å². The van der Waals surface area contributed by atoms with Gasteiger partial charge < -0.3 is 9.88 Å². The van der Waals surface area contributed by atoms with Crippen LogP contribution in [0.15, 0.2) is 60.3 Å². The summed E-state index contributed by atoms with van der Waals surface area (Å²) in [7, 11) is 0. The zero-order valence-electron chi connectivity index (χ0n) is 17.0. The normalized spacial score (nSPS) is 10.9. The van der Waals surface area contributed by atoms with E-state index in [1.165, 1.54) is 18.1 Å². The molecule has 4 aromatic rings. The van der Waals surface area contributed by atoms with Crippen LogP contribution in [-0.4, -0.2) is 41.2 Å². The first-order valence-corrected chi connectivity index (χ1v) is 11.0. The molecule has 158 valence electrons. The molecular weight excluding hydrogens is 434 g/mol. The maximum Gasteiger partial charge on any atom is 0.234 e. The number of aryl methyl sites for hydroxylation is 1. The van der Waals surface area contributed by atoms with Gasteiger partial charge in [-0.25, -0.2) is 9.67 Å². The Bertz CT molecular complexity index is 1210. The van der Waals surface area contributed by atoms with Crippen LogP contribution < -0.4 is 5.32 Å². The smallest absolute Gasteiger partial charge is 0.234 e. The van der Waals surface area contributed by atoms with E-state index in [0.29, 0.717) is 28.1 Å². The lowest BCUT2D eigenvalue weighted by Gasteiger charge is -2.11. The van der Waals surface area contributed by atoms with Gasteiger partial charge >= 0.3 is 0 Å². The summed E-state index contributed by atoms with van der Waals surface area (Å²) in [6.45, 7) is 4.77. The molecule has 1 amide bonds. The summed E-state index contributed by atoms with van der Waals surface area (Å²) < 4.78 is 3.58. The van der Waals surface area contributed by atoms with Gasteiger partial charge in [-0.2, -0.15) is 5.10 Å². The number of anilines is 1. The number of hydrogen-bond donors (Lipinski definition) is 1. The Labute approximate surface area is 188 Å². The van der Waals surface area contributed by atoms with E-state index in [4.69, 9.17) is 11.6 Å². The maximum absolute atomic E-state index is 12.7. The van der Waals surface area contributed by atoms with E-state index in [1.54, 1.807) is 29.2 Å². The molecule has 4 rings (SSSR count). The summed E-state index contributed by atoms with van der Waals surface area (Å²) in [5.74, 6) is 0.781. The Hall–Kier alpha value is -3.17. The van der Waals surface area contributed by atoms with Crippen molar-refractivity contribution in [2.45, 2.75) is 25.5 Å². The molecule has 0 aliphatic rings. The number of nitrogens with zero attached hydrogens (tertiary/aromatic N) is 6. The van der Waals surface area contributed by atoms with Crippen LogP contribution in [0.4, 0.5) is 5.69 Å². The van der Waals surface area contributed by atoms with Gasteiger partial charge in [0.25, 0.3) is 0 Å². The molecule has 2 aromatic heterocycles. The van der Waals surface area contributed by atoms with Crippen molar-refractivity contribution >= 4 is 35.0 Å². The maximum atomic E-state index is 12.7. The summed E-state index contributed by atoms with van der Waals surface area (Å²) in [5.41, 5.74) is 3.39. The minimum absolute atomic E-state index is 0.176. The number of nitrogens with one attached hydrogen (secondary N) is 1. The van der Waals surface area contributed by atoms with Crippen molar-refractivity contribution in [3.8, 4) is 17.1 Å². The van der Waals surface area contributed by atoms with Gasteiger partial charge in [-0.15, -0.1) is 10.2 Å². The van der Waals surface area contributed by atoms with Crippen LogP contribution in [0.1, 0.15) is 12.5 Å². The van der Waals surface area contributed by atoms with Crippen molar-refractivity contribution in [1.29, 1.82) is 0 Å². The molecule has 1 N–H and O–H groups in total. The minimum atomic E-state index is -0.184. The number of thioether (sulfide) groups is 1. The second kappa shape index (κ2) is 9.32. The van der Waals surface area contributed by atoms with E-state index in [9.17, 15) is 4.79 Å². The average molecular weight is 454 g/mol. The molecule has 0 radical (unpaired) electrons. The molecule has 31 heavy (non-hydrogen) atoms. The largest absolute Gasteiger partial charge is 0.323 e. The van der Waals surface area contributed by atoms with E-state index in [0.717, 1.165) is 17.0 Å². The van der Waals surface area contributed by atoms with Crippen LogP contribution in [0.25, 0.3) is 17.1 Å². The highest BCUT2D eigenvalue weighted by Gasteiger charge is 2.16. The zero-order chi connectivity index (χ0) is 21.8. The van der Waals surface area contributed by atoms with Crippen LogP contribution in [-0.2, 0) is 11.3 Å². The minimum Gasteiger partial charge on any atom is -0.323 e. The molecular formula is C21H20ClN7OS. The fourth-order valence-electron chi connectivity index (χ4n) is 3.14. The lowest BCUT2D eigenvalue weighted by atomic mass is 10.1. The monoisotopic (exact) mass is 453 g/mol. The first kappa shape index (κ1) is 21.1. The van der Waals surface area contributed by atoms with Crippen molar-refractivity contribution in [2.75, 3.05) is 11.1 Å². The molecule has 2 aromatic carbocycles. The molecule has 0 saturated heterocycles. The molecule has 0 spiro atoms. The molecule has 0 aliphatic carbocycles. The summed E-state index contributed by atoms with van der Waals surface area (Å²) in [4.78, 5) is 16.6. The van der Waals surface area contributed by atoms with Gasteiger partial charge in [0.05, 0.1) is 17.1 Å². The standard InChI is InChI=1S/C21H20ClN7OS/c1-3-28-20(15-6-4-5-14(2)9-15)26-27-21(28)31-11-19(30)25-17-10-16(22)7-8-18(17)29-13-23-12-24-29/h4-10,12-13H,3,11H2,1-2H3,(H,25,30). The average Bonchev–Trinajstić information content (AvgIpc) is 3.42. The molecule has 0 unspecified atom stereocenters. The number of aromatic nitrogens is 6. The van der Waals surface area contributed by atoms with E-state index in [2.05, 4.69) is 31.7 Å². The molecule has 0 fully saturated rings. The molecule has 8 nitrogen and oxygen atoms in total. The SMILES string of the molecule is CCn1c(SCC(=O)Nc2cc(Cl)ccc2-n2cncn2)nnc1-c1cccc(C)c1. The van der Waals surface area contributed by atoms with Gasteiger partial charge in [0.1, 0.15) is 12.7 Å². The van der Waals surface area contributed by atoms with Gasteiger partial charge in [0, 0.05) is 17.1 Å². The highest BCUT2D eigenvalue weighted by atomic mass is 35.5. The Kier molecular flexibility index (Phi) is 6.34. The second-order valence-corrected chi connectivity index (χ2v) is 8.14. The first-order valence-electron chi connectivity index (χ1n) is 9.62. The van der Waals surface area contributed by atoms with Crippen LogP contribution in [0.5, 0.6) is 0 Å². The number of carbonyl (C=O) groups excluding carboxylic acids is 1. The number of carbonyl (C=O) groups is 1. The summed E-state index contributed by atoms with van der Waals surface area (Å²) in [6.07, 6.45) is 2.99. The van der Waals surface area contributed by atoms with Gasteiger partial charge in [0.2, 0.25) is 5.91 Å². The summed E-state index contributed by atoms with van der Waals surface area (Å²) in [6, 6.07) is 13.3. The lowest BCUT2D eigenvalue weighted by Crippen LogP contribution is -2.16. The second-order valence-electron chi connectivity index (χ2n) is 6.76. The summed E-state index contributed by atoms with van der Waals surface area (Å²) >= 11 is 7.46. The zero-order valence-corrected chi connectivity index (χ0v) is 18.6. The number of amides is 1. The van der Waals surface area contributed by atoms with E-state index >= 15 is 0 Å². The third-order valence-electron chi connectivity index (χ3n) is 4.54. The third kappa shape index (κ3) is 4.78. The number of rotatable bonds is 7. The third-order valence-corrected chi connectivity index (χ3v) is 5.74. The first-order chi connectivity index (χ1) is 15.0. The summed E-state index contributed by atoms with van der Waals surface area (Å²) in [5, 5.41) is 16.9. The van der Waals surface area contributed by atoms with Crippen molar-refractivity contribution in [3.05, 3.63) is 65.7 Å². The van der Waals surface area contributed by atoms with Gasteiger partial charge in [-0.1, -0.05) is 47.1 Å². The van der Waals surface area contributed by atoms with Crippen LogP contribution in [0.3, 0.4) is 0 Å². The Morgan fingerprint density at radius 1 is 1.19 bits per heavy atom. The molecule has 0 aliphatic heterocycles. The fraction of sp³-hybridized carbons (Fsp3) is 0.190. The Morgan fingerprint density at radius 2 is 2.06 bits per heavy atom. The van der Waals surface area contributed by atoms with Crippen molar-refractivity contribution in [1.82, 2.24) is 29.5 Å². The molecule has 2 heterocycles. The van der Waals surface area contributed by atoms with Crippen molar-refractivity contribution in [2.24, 2.45) is 0 Å². The number of hydrogen-bond acceptors (Lipinski definition) is 6. The predicted octanol–water partition coefficient (Wildman–Crippen LogP) is 4.24. The Morgan fingerprint density at radius 3 is 2.81 bits per heavy atom. The highest BCUT2D eigenvalue weighted by Crippen LogP contribution is 2.26. The van der Waals surface area contributed by atoms with Gasteiger partial charge in [0.15, 0.2) is 11.0 Å². The number of benzene rings is 2. The van der Waals surface area contributed by atoms with Crippen LogP contribution >= 0.6 is 23.4 Å². The molecule has 0 atom stereocenters. The molecule has 0 saturated carbocycles. The molecule has 10 heteroatoms. The van der Waals surface area contributed by atoms with Crippen LogP contribution in [0, 0.1) is 6.92 Å². The molecule has 0 bridgehead atoms. The quantitative estimate of drug-likeness (QED) is 0.421. The predicted molar refractivity (Wildman–Crippen MR) is 122 cm³/mol. The fourth-order valence-corrected chi connectivity index (χ4v) is 4.11. The van der Waals surface area contributed by atoms with Gasteiger partial charge in [-0.3, -0.25) is 4.79 Å². The van der Waals surface area contributed by atoms with E-state index in [1.807, 2.05) is 36.6 Å². The van der Waals surface area contributed by atoms with Gasteiger partial charge in [-0.05, 0) is 38.1 Å². The van der Waals surface area contributed by atoms with E-state index in [-0.39, 0.29) is 11.7 Å². The number of halogens is 1. The van der Waals surface area contributed by atoms with Crippen molar-refractivity contribution < 1.29 is 4.79 Å². The van der Waals surface area contributed by atoms with Crippen LogP contribution in [0.2, 0.25) is 5.02 Å². The Balaban J connectivity index is 1.49. The van der Waals surface area contributed by atoms with E-state index < -0.39 is 0 Å². The lowest BCUT2D eigenvalue weighted by molar-refractivity contribution is -0.113.